The van der Waals surface area contributed by atoms with Crippen LogP contribution in [0.5, 0.6) is 5.75 Å². The molecule has 9 heteroatoms. The SMILES string of the molecule is COc1cc(C#N)ccc1C(C)CNc1cc(-c2ccc(N3CCN(C(C)=O)CC3)nc2)ncn1. The number of carbonyl (C=O) groups is 1. The van der Waals surface area contributed by atoms with Crippen LogP contribution in [0.4, 0.5) is 11.6 Å². The van der Waals surface area contributed by atoms with Crippen LogP contribution >= 0.6 is 0 Å². The van der Waals surface area contributed by atoms with Crippen LogP contribution in [-0.2, 0) is 4.79 Å². The summed E-state index contributed by atoms with van der Waals surface area (Å²) in [6.45, 7) is 7.32. The third-order valence-electron chi connectivity index (χ3n) is 6.24. The van der Waals surface area contributed by atoms with E-state index in [9.17, 15) is 4.79 Å². The van der Waals surface area contributed by atoms with Crippen LogP contribution < -0.4 is 15.0 Å². The van der Waals surface area contributed by atoms with Gasteiger partial charge >= 0.3 is 0 Å². The maximum atomic E-state index is 11.5. The molecule has 3 heterocycles. The fourth-order valence-electron chi connectivity index (χ4n) is 4.14. The van der Waals surface area contributed by atoms with Crippen molar-refractivity contribution in [2.24, 2.45) is 0 Å². The van der Waals surface area contributed by atoms with Crippen LogP contribution in [0, 0.1) is 11.3 Å². The van der Waals surface area contributed by atoms with Crippen molar-refractivity contribution in [1.82, 2.24) is 19.9 Å². The van der Waals surface area contributed by atoms with Crippen molar-refractivity contribution in [3.8, 4) is 23.1 Å². The number of amides is 1. The zero-order valence-electron chi connectivity index (χ0n) is 20.2. The van der Waals surface area contributed by atoms with Gasteiger partial charge in [0.2, 0.25) is 5.91 Å². The van der Waals surface area contributed by atoms with Crippen molar-refractivity contribution in [1.29, 1.82) is 5.26 Å². The van der Waals surface area contributed by atoms with Gasteiger partial charge in [-0.05, 0) is 29.8 Å². The Labute approximate surface area is 205 Å². The lowest BCUT2D eigenvalue weighted by Crippen LogP contribution is -2.48. The molecule has 1 aliphatic rings. The predicted octanol–water partition coefficient (Wildman–Crippen LogP) is 3.30. The molecule has 1 unspecified atom stereocenters. The first-order valence-electron chi connectivity index (χ1n) is 11.6. The summed E-state index contributed by atoms with van der Waals surface area (Å²) in [5, 5.41) is 12.5. The maximum absolute atomic E-state index is 11.5. The molecule has 3 aromatic rings. The molecule has 2 aromatic heterocycles. The lowest BCUT2D eigenvalue weighted by molar-refractivity contribution is -0.129. The van der Waals surface area contributed by atoms with Crippen LogP contribution in [0.25, 0.3) is 11.3 Å². The van der Waals surface area contributed by atoms with Gasteiger partial charge in [-0.15, -0.1) is 0 Å². The Morgan fingerprint density at radius 1 is 1.14 bits per heavy atom. The van der Waals surface area contributed by atoms with Crippen LogP contribution in [0.3, 0.4) is 0 Å². The van der Waals surface area contributed by atoms with E-state index >= 15 is 0 Å². The van der Waals surface area contributed by atoms with E-state index in [0.29, 0.717) is 30.9 Å². The molecule has 1 aromatic carbocycles. The van der Waals surface area contributed by atoms with Gasteiger partial charge in [-0.25, -0.2) is 15.0 Å². The number of nitrogens with one attached hydrogen (secondary N) is 1. The summed E-state index contributed by atoms with van der Waals surface area (Å²) in [6, 6.07) is 13.5. The number of nitrogens with zero attached hydrogens (tertiary/aromatic N) is 6. The van der Waals surface area contributed by atoms with Crippen molar-refractivity contribution in [3.05, 3.63) is 60.0 Å². The van der Waals surface area contributed by atoms with E-state index in [4.69, 9.17) is 10.00 Å². The third kappa shape index (κ3) is 5.66. The lowest BCUT2D eigenvalue weighted by Gasteiger charge is -2.34. The predicted molar refractivity (Wildman–Crippen MR) is 134 cm³/mol. The minimum absolute atomic E-state index is 0.117. The number of nitriles is 1. The molecule has 1 aliphatic heterocycles. The van der Waals surface area contributed by atoms with E-state index in [1.165, 1.54) is 0 Å². The molecular weight excluding hydrogens is 442 g/mol. The molecule has 180 valence electrons. The molecule has 4 rings (SSSR count). The number of hydrogen-bond acceptors (Lipinski definition) is 8. The number of carbonyl (C=O) groups excluding carboxylic acids is 1. The fourth-order valence-corrected chi connectivity index (χ4v) is 4.14. The van der Waals surface area contributed by atoms with Crippen LogP contribution in [0.1, 0.15) is 30.9 Å². The minimum atomic E-state index is 0.117. The highest BCUT2D eigenvalue weighted by Crippen LogP contribution is 2.28. The number of rotatable bonds is 7. The second-order valence-electron chi connectivity index (χ2n) is 8.54. The van der Waals surface area contributed by atoms with Crippen LogP contribution in [0.15, 0.2) is 48.9 Å². The van der Waals surface area contributed by atoms with Gasteiger partial charge in [0.25, 0.3) is 0 Å². The first-order chi connectivity index (χ1) is 17.0. The number of ether oxygens (including phenoxy) is 1. The Morgan fingerprint density at radius 2 is 1.94 bits per heavy atom. The van der Waals surface area contributed by atoms with E-state index in [1.807, 2.05) is 35.4 Å². The number of hydrogen-bond donors (Lipinski definition) is 1. The molecule has 0 saturated carbocycles. The first kappa shape index (κ1) is 24.0. The zero-order valence-corrected chi connectivity index (χ0v) is 20.2. The molecule has 1 fully saturated rings. The minimum Gasteiger partial charge on any atom is -0.496 e. The molecule has 35 heavy (non-hydrogen) atoms. The van der Waals surface area contributed by atoms with Gasteiger partial charge in [-0.3, -0.25) is 4.79 Å². The van der Waals surface area contributed by atoms with Gasteiger partial charge in [0.05, 0.1) is 24.4 Å². The van der Waals surface area contributed by atoms with Crippen LogP contribution in [-0.4, -0.2) is 65.6 Å². The Kier molecular flexibility index (Phi) is 7.41. The van der Waals surface area contributed by atoms with Crippen molar-refractivity contribution >= 4 is 17.5 Å². The molecule has 0 aliphatic carbocycles. The van der Waals surface area contributed by atoms with Crippen molar-refractivity contribution in [2.45, 2.75) is 19.8 Å². The first-order valence-corrected chi connectivity index (χ1v) is 11.6. The maximum Gasteiger partial charge on any atom is 0.219 e. The van der Waals surface area contributed by atoms with E-state index in [0.717, 1.165) is 41.5 Å². The van der Waals surface area contributed by atoms with Crippen molar-refractivity contribution < 1.29 is 9.53 Å². The molecule has 1 N–H and O–H groups in total. The van der Waals surface area contributed by atoms with Crippen LogP contribution in [0.2, 0.25) is 0 Å². The van der Waals surface area contributed by atoms with E-state index in [1.54, 1.807) is 32.5 Å². The third-order valence-corrected chi connectivity index (χ3v) is 6.24. The molecule has 1 saturated heterocycles. The van der Waals surface area contributed by atoms with Gasteiger partial charge in [0, 0.05) is 63.4 Å². The fraction of sp³-hybridized carbons (Fsp3) is 0.346. The second-order valence-corrected chi connectivity index (χ2v) is 8.54. The highest BCUT2D eigenvalue weighted by atomic mass is 16.5. The summed E-state index contributed by atoms with van der Waals surface area (Å²) in [7, 11) is 1.61. The molecular formula is C26H29N7O2. The molecule has 1 amide bonds. The van der Waals surface area contributed by atoms with Gasteiger partial charge in [-0.1, -0.05) is 13.0 Å². The number of aromatic nitrogens is 3. The van der Waals surface area contributed by atoms with Crippen molar-refractivity contribution in [2.75, 3.05) is 50.1 Å². The second kappa shape index (κ2) is 10.8. The quantitative estimate of drug-likeness (QED) is 0.559. The van der Waals surface area contributed by atoms with Gasteiger partial charge in [-0.2, -0.15) is 5.26 Å². The summed E-state index contributed by atoms with van der Waals surface area (Å²) in [5.41, 5.74) is 3.29. The summed E-state index contributed by atoms with van der Waals surface area (Å²) < 4.78 is 5.47. The average Bonchev–Trinajstić information content (AvgIpc) is 2.91. The lowest BCUT2D eigenvalue weighted by atomic mass is 9.98. The topological polar surface area (TPSA) is 107 Å². The summed E-state index contributed by atoms with van der Waals surface area (Å²) in [6.07, 6.45) is 3.36. The number of benzene rings is 1. The summed E-state index contributed by atoms with van der Waals surface area (Å²) >= 11 is 0. The van der Waals surface area contributed by atoms with Gasteiger partial charge < -0.3 is 19.9 Å². The normalized spacial score (nSPS) is 14.2. The molecule has 9 nitrogen and oxygen atoms in total. The summed E-state index contributed by atoms with van der Waals surface area (Å²) in [4.78, 5) is 29.0. The highest BCUT2D eigenvalue weighted by Gasteiger charge is 2.19. The standard InChI is InChI=1S/C26H29N7O2/c1-18(22-6-4-20(14-27)12-24(22)35-3)15-28-25-13-23(30-17-31-25)21-5-7-26(29-16-21)33-10-8-32(9-11-33)19(2)34/h4-7,12-13,16-18H,8-11,15H2,1-3H3,(H,28,30,31). The van der Waals surface area contributed by atoms with E-state index in [-0.39, 0.29) is 11.8 Å². The van der Waals surface area contributed by atoms with Crippen molar-refractivity contribution in [3.63, 3.8) is 0 Å². The molecule has 0 bridgehead atoms. The van der Waals surface area contributed by atoms with E-state index in [2.05, 4.69) is 38.2 Å². The largest absolute Gasteiger partial charge is 0.496 e. The highest BCUT2D eigenvalue weighted by molar-refractivity contribution is 5.73. The summed E-state index contributed by atoms with van der Waals surface area (Å²) in [5.74, 6) is 2.58. The number of piperazine rings is 1. The van der Waals surface area contributed by atoms with E-state index < -0.39 is 0 Å². The molecule has 1 atom stereocenters. The number of methoxy groups -OCH3 is 1. The Balaban J connectivity index is 1.39. The van der Waals surface area contributed by atoms with Gasteiger partial charge in [0.15, 0.2) is 0 Å². The zero-order chi connectivity index (χ0) is 24.8. The Bertz CT molecular complexity index is 1220. The average molecular weight is 472 g/mol. The molecule has 0 spiro atoms. The smallest absolute Gasteiger partial charge is 0.219 e. The number of pyridine rings is 1. The Morgan fingerprint density at radius 3 is 2.60 bits per heavy atom. The molecule has 0 radical (unpaired) electrons. The van der Waals surface area contributed by atoms with Gasteiger partial charge in [0.1, 0.15) is 23.7 Å². The Hall–Kier alpha value is -4.19. The number of anilines is 2. The monoisotopic (exact) mass is 471 g/mol.